The average molecular weight is 275 g/mol. The summed E-state index contributed by atoms with van der Waals surface area (Å²) in [6.45, 7) is 9.14. The molecule has 2 rings (SSSR count). The second kappa shape index (κ2) is 5.79. The maximum Gasteiger partial charge on any atom is 0.126 e. The van der Waals surface area contributed by atoms with Gasteiger partial charge in [-0.15, -0.1) is 0 Å². The fourth-order valence-corrected chi connectivity index (χ4v) is 3.00. The van der Waals surface area contributed by atoms with Crippen LogP contribution in [0.5, 0.6) is 0 Å². The minimum Gasteiger partial charge on any atom is -0.384 e. The molecule has 1 unspecified atom stereocenters. The Balaban J connectivity index is 2.39. The third-order valence-electron chi connectivity index (χ3n) is 4.17. The fourth-order valence-electron chi connectivity index (χ4n) is 3.00. The van der Waals surface area contributed by atoms with Gasteiger partial charge in [-0.05, 0) is 33.4 Å². The molecular formula is C15H25N5. The number of anilines is 1. The number of nitrogens with one attached hydrogen (secondary N) is 1. The van der Waals surface area contributed by atoms with Gasteiger partial charge in [-0.2, -0.15) is 0 Å². The maximum absolute atomic E-state index is 7.84. The van der Waals surface area contributed by atoms with Crippen LogP contribution in [0.1, 0.15) is 30.3 Å². The number of likely N-dealkylation sites (N-methyl/N-ethyl adjacent to an activating group) is 1. The van der Waals surface area contributed by atoms with Crippen molar-refractivity contribution in [2.24, 2.45) is 5.73 Å². The van der Waals surface area contributed by atoms with E-state index >= 15 is 0 Å². The molecule has 3 N–H and O–H groups in total. The van der Waals surface area contributed by atoms with Gasteiger partial charge in [-0.25, -0.2) is 0 Å². The van der Waals surface area contributed by atoms with Crippen LogP contribution in [0, 0.1) is 19.3 Å². The summed E-state index contributed by atoms with van der Waals surface area (Å²) in [4.78, 5) is 9.21. The van der Waals surface area contributed by atoms with Crippen molar-refractivity contribution in [3.8, 4) is 0 Å². The lowest BCUT2D eigenvalue weighted by Crippen LogP contribution is -2.51. The molecule has 0 radical (unpaired) electrons. The van der Waals surface area contributed by atoms with Crippen molar-refractivity contribution in [3.63, 3.8) is 0 Å². The molecule has 1 aliphatic heterocycles. The summed E-state index contributed by atoms with van der Waals surface area (Å²) in [7, 11) is 2.18. The molecule has 0 spiro atoms. The molecule has 0 aliphatic carbocycles. The zero-order valence-corrected chi connectivity index (χ0v) is 12.9. The van der Waals surface area contributed by atoms with Gasteiger partial charge in [0.25, 0.3) is 0 Å². The molecule has 5 nitrogen and oxygen atoms in total. The van der Waals surface area contributed by atoms with Gasteiger partial charge in [-0.3, -0.25) is 15.3 Å². The van der Waals surface area contributed by atoms with E-state index in [4.69, 9.17) is 11.1 Å². The molecule has 1 saturated heterocycles. The van der Waals surface area contributed by atoms with Crippen LogP contribution in [0.15, 0.2) is 6.07 Å². The predicted molar refractivity (Wildman–Crippen MR) is 83.6 cm³/mol. The van der Waals surface area contributed by atoms with Crippen LogP contribution in [-0.2, 0) is 0 Å². The van der Waals surface area contributed by atoms with Crippen molar-refractivity contribution in [2.75, 3.05) is 31.6 Å². The number of rotatable bonds is 3. The minimum atomic E-state index is 0.108. The SMILES string of the molecule is CCC1CN(c2cc(C)nc(C)c2C(=N)N)CCN1C. The highest BCUT2D eigenvalue weighted by molar-refractivity contribution is 6.01. The second-order valence-corrected chi connectivity index (χ2v) is 5.65. The van der Waals surface area contributed by atoms with E-state index in [0.29, 0.717) is 6.04 Å². The highest BCUT2D eigenvalue weighted by atomic mass is 15.3. The average Bonchev–Trinajstić information content (AvgIpc) is 2.37. The van der Waals surface area contributed by atoms with E-state index in [9.17, 15) is 0 Å². The number of nitrogens with two attached hydrogens (primary N) is 1. The number of hydrogen-bond donors (Lipinski definition) is 2. The van der Waals surface area contributed by atoms with Gasteiger partial charge in [-0.1, -0.05) is 6.92 Å². The van der Waals surface area contributed by atoms with Crippen LogP contribution in [0.4, 0.5) is 5.69 Å². The van der Waals surface area contributed by atoms with E-state index in [1.54, 1.807) is 0 Å². The maximum atomic E-state index is 7.84. The fraction of sp³-hybridized carbons (Fsp3) is 0.600. The van der Waals surface area contributed by atoms with E-state index in [1.807, 2.05) is 13.8 Å². The van der Waals surface area contributed by atoms with E-state index in [-0.39, 0.29) is 5.84 Å². The van der Waals surface area contributed by atoms with Crippen molar-refractivity contribution >= 4 is 11.5 Å². The van der Waals surface area contributed by atoms with Crippen LogP contribution >= 0.6 is 0 Å². The Kier molecular flexibility index (Phi) is 4.28. The molecule has 0 saturated carbocycles. The molecule has 1 aromatic heterocycles. The Morgan fingerprint density at radius 3 is 2.75 bits per heavy atom. The summed E-state index contributed by atoms with van der Waals surface area (Å²) in [5.74, 6) is 0.108. The van der Waals surface area contributed by atoms with Gasteiger partial charge in [0.15, 0.2) is 0 Å². The molecule has 1 fully saturated rings. The van der Waals surface area contributed by atoms with Crippen LogP contribution in [0.2, 0.25) is 0 Å². The quantitative estimate of drug-likeness (QED) is 0.648. The number of hydrogen-bond acceptors (Lipinski definition) is 4. The summed E-state index contributed by atoms with van der Waals surface area (Å²) < 4.78 is 0. The Morgan fingerprint density at radius 1 is 1.45 bits per heavy atom. The normalized spacial score (nSPS) is 20.2. The standard InChI is InChI=1S/C15H25N5/c1-5-12-9-20(7-6-19(12)4)13-8-10(2)18-11(3)14(13)15(16)17/h8,12H,5-7,9H2,1-4H3,(H3,16,17). The monoisotopic (exact) mass is 275 g/mol. The first-order chi connectivity index (χ1) is 9.43. The number of amidine groups is 1. The van der Waals surface area contributed by atoms with Gasteiger partial charge in [0.1, 0.15) is 5.84 Å². The largest absolute Gasteiger partial charge is 0.384 e. The number of nitrogen functional groups attached to an aromatic ring is 1. The van der Waals surface area contributed by atoms with Crippen LogP contribution in [0.3, 0.4) is 0 Å². The molecule has 1 aromatic rings. The molecule has 0 aromatic carbocycles. The first-order valence-electron chi connectivity index (χ1n) is 7.21. The Morgan fingerprint density at radius 2 is 2.15 bits per heavy atom. The predicted octanol–water partition coefficient (Wildman–Crippen LogP) is 1.51. The third-order valence-corrected chi connectivity index (χ3v) is 4.17. The molecule has 1 atom stereocenters. The molecular weight excluding hydrogens is 250 g/mol. The Labute approximate surface area is 121 Å². The van der Waals surface area contributed by atoms with Gasteiger partial charge < -0.3 is 10.6 Å². The van der Waals surface area contributed by atoms with Crippen molar-refractivity contribution in [1.82, 2.24) is 9.88 Å². The number of piperazine rings is 1. The van der Waals surface area contributed by atoms with E-state index in [0.717, 1.165) is 48.7 Å². The van der Waals surface area contributed by atoms with Gasteiger partial charge in [0.05, 0.1) is 16.9 Å². The zero-order valence-electron chi connectivity index (χ0n) is 12.9. The molecule has 5 heteroatoms. The molecule has 2 heterocycles. The molecule has 1 aliphatic rings. The van der Waals surface area contributed by atoms with Gasteiger partial charge >= 0.3 is 0 Å². The topological polar surface area (TPSA) is 69.2 Å². The van der Waals surface area contributed by atoms with Crippen LogP contribution in [-0.4, -0.2) is 48.4 Å². The molecule has 0 bridgehead atoms. The summed E-state index contributed by atoms with van der Waals surface area (Å²) in [6.07, 6.45) is 1.13. The summed E-state index contributed by atoms with van der Waals surface area (Å²) >= 11 is 0. The first kappa shape index (κ1) is 14.8. The van der Waals surface area contributed by atoms with Crippen molar-refractivity contribution in [3.05, 3.63) is 23.0 Å². The van der Waals surface area contributed by atoms with Gasteiger partial charge in [0.2, 0.25) is 0 Å². The number of aryl methyl sites for hydroxylation is 2. The smallest absolute Gasteiger partial charge is 0.126 e. The second-order valence-electron chi connectivity index (χ2n) is 5.65. The lowest BCUT2D eigenvalue weighted by molar-refractivity contribution is 0.213. The Hall–Kier alpha value is -1.62. The van der Waals surface area contributed by atoms with Gasteiger partial charge in [0, 0.05) is 31.4 Å². The lowest BCUT2D eigenvalue weighted by atomic mass is 10.0. The minimum absolute atomic E-state index is 0.108. The van der Waals surface area contributed by atoms with Crippen LogP contribution in [0.25, 0.3) is 0 Å². The third kappa shape index (κ3) is 2.77. The van der Waals surface area contributed by atoms with Crippen molar-refractivity contribution < 1.29 is 0 Å². The van der Waals surface area contributed by atoms with Crippen molar-refractivity contribution in [2.45, 2.75) is 33.2 Å². The molecule has 110 valence electrons. The summed E-state index contributed by atoms with van der Waals surface area (Å²) in [5, 5.41) is 7.84. The number of aromatic nitrogens is 1. The first-order valence-corrected chi connectivity index (χ1v) is 7.21. The Bertz CT molecular complexity index is 511. The van der Waals surface area contributed by atoms with E-state index in [1.165, 1.54) is 0 Å². The highest BCUT2D eigenvalue weighted by Gasteiger charge is 2.25. The molecule has 0 amide bonds. The zero-order chi connectivity index (χ0) is 14.9. The summed E-state index contributed by atoms with van der Waals surface area (Å²) in [6, 6.07) is 2.61. The number of pyridine rings is 1. The van der Waals surface area contributed by atoms with Crippen molar-refractivity contribution in [1.29, 1.82) is 5.41 Å². The van der Waals surface area contributed by atoms with E-state index < -0.39 is 0 Å². The van der Waals surface area contributed by atoms with E-state index in [2.05, 4.69) is 34.8 Å². The lowest BCUT2D eigenvalue weighted by Gasteiger charge is -2.41. The molecule has 20 heavy (non-hydrogen) atoms. The van der Waals surface area contributed by atoms with Crippen LogP contribution < -0.4 is 10.6 Å². The summed E-state index contributed by atoms with van der Waals surface area (Å²) in [5.41, 5.74) is 9.45. The highest BCUT2D eigenvalue weighted by Crippen LogP contribution is 2.26. The number of nitrogens with zero attached hydrogens (tertiary/aromatic N) is 3.